The largest absolute Gasteiger partial charge is 0.481 e. The van der Waals surface area contributed by atoms with Crippen LogP contribution in [0.4, 0.5) is 0 Å². The Morgan fingerprint density at radius 2 is 2.10 bits per heavy atom. The van der Waals surface area contributed by atoms with Crippen molar-refractivity contribution in [2.24, 2.45) is 5.41 Å². The molecule has 1 aromatic heterocycles. The van der Waals surface area contributed by atoms with Gasteiger partial charge in [0.1, 0.15) is 0 Å². The summed E-state index contributed by atoms with van der Waals surface area (Å²) >= 11 is 0. The molecular formula is C15H20N2O4. The summed E-state index contributed by atoms with van der Waals surface area (Å²) in [6.07, 6.45) is 4.67. The molecule has 0 unspecified atom stereocenters. The van der Waals surface area contributed by atoms with E-state index in [4.69, 9.17) is 5.11 Å². The molecule has 0 spiro atoms. The summed E-state index contributed by atoms with van der Waals surface area (Å²) in [6, 6.07) is 4.86. The van der Waals surface area contributed by atoms with Gasteiger partial charge in [0.05, 0.1) is 6.42 Å². The normalized spacial score (nSPS) is 16.0. The smallest absolute Gasteiger partial charge is 0.303 e. The van der Waals surface area contributed by atoms with Crippen molar-refractivity contribution >= 4 is 11.9 Å². The van der Waals surface area contributed by atoms with Gasteiger partial charge >= 0.3 is 5.97 Å². The van der Waals surface area contributed by atoms with E-state index in [-0.39, 0.29) is 29.7 Å². The maximum absolute atomic E-state index is 11.8. The zero-order valence-corrected chi connectivity index (χ0v) is 11.9. The van der Waals surface area contributed by atoms with Gasteiger partial charge in [0, 0.05) is 31.8 Å². The lowest BCUT2D eigenvalue weighted by molar-refractivity contribution is -0.141. The van der Waals surface area contributed by atoms with Crippen molar-refractivity contribution in [3.63, 3.8) is 0 Å². The van der Waals surface area contributed by atoms with Gasteiger partial charge in [0.2, 0.25) is 5.91 Å². The van der Waals surface area contributed by atoms with Gasteiger partial charge < -0.3 is 15.0 Å². The number of rotatable bonds is 7. The van der Waals surface area contributed by atoms with Gasteiger partial charge in [-0.15, -0.1) is 0 Å². The number of aryl methyl sites for hydroxylation is 1. The molecule has 6 heteroatoms. The third-order valence-corrected chi connectivity index (χ3v) is 4.08. The van der Waals surface area contributed by atoms with E-state index in [2.05, 4.69) is 5.32 Å². The molecule has 0 aromatic carbocycles. The number of nitrogens with zero attached hydrogens (tertiary/aromatic N) is 1. The van der Waals surface area contributed by atoms with E-state index in [1.165, 1.54) is 10.6 Å². The molecule has 1 fully saturated rings. The summed E-state index contributed by atoms with van der Waals surface area (Å²) < 4.78 is 1.48. The molecule has 2 rings (SSSR count). The van der Waals surface area contributed by atoms with Gasteiger partial charge in [0.25, 0.3) is 5.56 Å². The minimum absolute atomic E-state index is 0.103. The fourth-order valence-corrected chi connectivity index (χ4v) is 2.66. The van der Waals surface area contributed by atoms with Crippen LogP contribution in [0.1, 0.15) is 32.1 Å². The van der Waals surface area contributed by atoms with E-state index in [1.54, 1.807) is 18.3 Å². The zero-order chi connectivity index (χ0) is 15.3. The first kappa shape index (κ1) is 15.3. The molecule has 0 radical (unpaired) electrons. The van der Waals surface area contributed by atoms with E-state index in [1.807, 2.05) is 0 Å². The summed E-state index contributed by atoms with van der Waals surface area (Å²) in [5.41, 5.74) is -0.405. The van der Waals surface area contributed by atoms with E-state index in [0.29, 0.717) is 13.1 Å². The van der Waals surface area contributed by atoms with Gasteiger partial charge in [-0.05, 0) is 24.3 Å². The number of carboxylic acid groups (broad SMARTS) is 1. The first-order chi connectivity index (χ1) is 10.0. The van der Waals surface area contributed by atoms with Crippen LogP contribution in [0.25, 0.3) is 0 Å². The zero-order valence-electron chi connectivity index (χ0n) is 11.9. The maximum atomic E-state index is 11.8. The molecule has 2 N–H and O–H groups in total. The van der Waals surface area contributed by atoms with Crippen molar-refractivity contribution < 1.29 is 14.7 Å². The number of carbonyl (C=O) groups excluding carboxylic acids is 1. The molecule has 0 saturated heterocycles. The van der Waals surface area contributed by atoms with Crippen molar-refractivity contribution in [1.29, 1.82) is 0 Å². The molecule has 1 aliphatic carbocycles. The van der Waals surface area contributed by atoms with Crippen molar-refractivity contribution in [1.82, 2.24) is 9.88 Å². The van der Waals surface area contributed by atoms with E-state index in [9.17, 15) is 14.4 Å². The topological polar surface area (TPSA) is 88.4 Å². The first-order valence-corrected chi connectivity index (χ1v) is 7.15. The highest BCUT2D eigenvalue weighted by molar-refractivity contribution is 5.76. The number of pyridine rings is 1. The quantitative estimate of drug-likeness (QED) is 0.784. The Bertz CT molecular complexity index is 575. The highest BCUT2D eigenvalue weighted by Gasteiger charge is 2.39. The summed E-state index contributed by atoms with van der Waals surface area (Å²) in [5, 5.41) is 11.7. The van der Waals surface area contributed by atoms with Crippen LogP contribution >= 0.6 is 0 Å². The first-order valence-electron chi connectivity index (χ1n) is 7.15. The molecule has 0 aliphatic heterocycles. The Balaban J connectivity index is 1.78. The number of amides is 1. The average molecular weight is 292 g/mol. The highest BCUT2D eigenvalue weighted by Crippen LogP contribution is 2.43. The number of carbonyl (C=O) groups is 2. The van der Waals surface area contributed by atoms with Crippen molar-refractivity contribution in [3.05, 3.63) is 34.7 Å². The maximum Gasteiger partial charge on any atom is 0.303 e. The third kappa shape index (κ3) is 4.18. The lowest BCUT2D eigenvalue weighted by Gasteiger charge is -2.40. The van der Waals surface area contributed by atoms with Gasteiger partial charge in [0.15, 0.2) is 0 Å². The van der Waals surface area contributed by atoms with Crippen LogP contribution in [0.15, 0.2) is 29.2 Å². The van der Waals surface area contributed by atoms with E-state index < -0.39 is 5.97 Å². The summed E-state index contributed by atoms with van der Waals surface area (Å²) in [7, 11) is 0. The van der Waals surface area contributed by atoms with Gasteiger partial charge in [-0.3, -0.25) is 14.4 Å². The highest BCUT2D eigenvalue weighted by atomic mass is 16.4. The van der Waals surface area contributed by atoms with Crippen LogP contribution in [0.3, 0.4) is 0 Å². The van der Waals surface area contributed by atoms with Crippen LogP contribution < -0.4 is 10.9 Å². The van der Waals surface area contributed by atoms with Crippen LogP contribution in [-0.2, 0) is 16.1 Å². The lowest BCUT2D eigenvalue weighted by atomic mass is 9.66. The molecule has 1 saturated carbocycles. The second-order valence-electron chi connectivity index (χ2n) is 5.68. The monoisotopic (exact) mass is 292 g/mol. The molecule has 21 heavy (non-hydrogen) atoms. The molecule has 6 nitrogen and oxygen atoms in total. The minimum Gasteiger partial charge on any atom is -0.481 e. The summed E-state index contributed by atoms with van der Waals surface area (Å²) in [5.74, 6) is -0.970. The molecule has 0 atom stereocenters. The molecule has 1 heterocycles. The standard InChI is InChI=1S/C15H20N2O4/c18-12(5-9-17-8-2-1-4-13(17)19)16-11-15(6-3-7-15)10-14(20)21/h1-2,4,8H,3,5-7,9-11H2,(H,16,18)(H,20,21). The van der Waals surface area contributed by atoms with Gasteiger partial charge in [-0.2, -0.15) is 0 Å². The van der Waals surface area contributed by atoms with Crippen LogP contribution in [0.2, 0.25) is 0 Å². The van der Waals surface area contributed by atoms with E-state index in [0.717, 1.165) is 19.3 Å². The third-order valence-electron chi connectivity index (χ3n) is 4.08. The van der Waals surface area contributed by atoms with Gasteiger partial charge in [-0.25, -0.2) is 0 Å². The van der Waals surface area contributed by atoms with Crippen LogP contribution in [-0.4, -0.2) is 28.1 Å². The van der Waals surface area contributed by atoms with E-state index >= 15 is 0 Å². The number of aromatic nitrogens is 1. The molecule has 0 bridgehead atoms. The second-order valence-corrected chi connectivity index (χ2v) is 5.68. The van der Waals surface area contributed by atoms with Gasteiger partial charge in [-0.1, -0.05) is 12.5 Å². The number of nitrogens with one attached hydrogen (secondary N) is 1. The fraction of sp³-hybridized carbons (Fsp3) is 0.533. The van der Waals surface area contributed by atoms with Crippen LogP contribution in [0, 0.1) is 5.41 Å². The molecular weight excluding hydrogens is 272 g/mol. The Morgan fingerprint density at radius 3 is 2.67 bits per heavy atom. The van der Waals surface area contributed by atoms with Crippen molar-refractivity contribution in [3.8, 4) is 0 Å². The Hall–Kier alpha value is -2.11. The predicted molar refractivity (Wildman–Crippen MR) is 76.9 cm³/mol. The Morgan fingerprint density at radius 1 is 1.33 bits per heavy atom. The molecule has 114 valence electrons. The number of aliphatic carboxylic acids is 1. The SMILES string of the molecule is O=C(O)CC1(CNC(=O)CCn2ccccc2=O)CCC1. The number of hydrogen-bond donors (Lipinski definition) is 2. The Labute approximate surface area is 122 Å². The second kappa shape index (κ2) is 6.56. The lowest BCUT2D eigenvalue weighted by Crippen LogP contribution is -2.43. The van der Waals surface area contributed by atoms with Crippen molar-refractivity contribution in [2.75, 3.05) is 6.54 Å². The Kier molecular flexibility index (Phi) is 4.77. The fourth-order valence-electron chi connectivity index (χ4n) is 2.66. The molecule has 1 aliphatic rings. The summed E-state index contributed by atoms with van der Waals surface area (Å²) in [6.45, 7) is 0.735. The molecule has 1 aromatic rings. The average Bonchev–Trinajstić information content (AvgIpc) is 2.40. The number of hydrogen-bond acceptors (Lipinski definition) is 3. The predicted octanol–water partition coefficient (Wildman–Crippen LogP) is 1.000. The number of carboxylic acids is 1. The summed E-state index contributed by atoms with van der Waals surface area (Å²) in [4.78, 5) is 34.2. The minimum atomic E-state index is -0.820. The molecule has 1 amide bonds. The van der Waals surface area contributed by atoms with Crippen molar-refractivity contribution in [2.45, 2.75) is 38.6 Å². The van der Waals surface area contributed by atoms with Crippen LogP contribution in [0.5, 0.6) is 0 Å².